The molecule has 21 heavy (non-hydrogen) atoms. The normalized spacial score (nSPS) is 12.1. The lowest BCUT2D eigenvalue weighted by Crippen LogP contribution is -2.46. The van der Waals surface area contributed by atoms with Crippen LogP contribution in [0, 0.1) is 0 Å². The SMILES string of the molecule is CN(C)C(=O)CC(C(=O)NCc1ccccc1Cl)N(C)C. The fourth-order valence-corrected chi connectivity index (χ4v) is 2.00. The van der Waals surface area contributed by atoms with Gasteiger partial charge < -0.3 is 10.2 Å². The zero-order chi connectivity index (χ0) is 16.0. The Bertz CT molecular complexity index is 503. The van der Waals surface area contributed by atoms with Crippen LogP contribution in [0.2, 0.25) is 5.02 Å². The number of likely N-dealkylation sites (N-methyl/N-ethyl adjacent to an activating group) is 1. The molecule has 1 N–H and O–H groups in total. The van der Waals surface area contributed by atoms with E-state index < -0.39 is 6.04 Å². The van der Waals surface area contributed by atoms with Crippen LogP contribution in [0.25, 0.3) is 0 Å². The average molecular weight is 312 g/mol. The predicted molar refractivity (Wildman–Crippen MR) is 84.1 cm³/mol. The van der Waals surface area contributed by atoms with Gasteiger partial charge in [0.2, 0.25) is 11.8 Å². The molecule has 6 heteroatoms. The molecule has 1 atom stereocenters. The van der Waals surface area contributed by atoms with Crippen molar-refractivity contribution in [3.63, 3.8) is 0 Å². The van der Waals surface area contributed by atoms with Gasteiger partial charge in [0.1, 0.15) is 0 Å². The molecule has 0 radical (unpaired) electrons. The van der Waals surface area contributed by atoms with E-state index in [2.05, 4.69) is 5.32 Å². The van der Waals surface area contributed by atoms with E-state index in [0.717, 1.165) is 5.56 Å². The van der Waals surface area contributed by atoms with Gasteiger partial charge in [-0.15, -0.1) is 0 Å². The second-order valence-electron chi connectivity index (χ2n) is 5.28. The van der Waals surface area contributed by atoms with Crippen molar-refractivity contribution in [2.45, 2.75) is 19.0 Å². The number of nitrogens with zero attached hydrogens (tertiary/aromatic N) is 2. The van der Waals surface area contributed by atoms with Crippen molar-refractivity contribution in [2.24, 2.45) is 0 Å². The van der Waals surface area contributed by atoms with Crippen molar-refractivity contribution in [3.05, 3.63) is 34.9 Å². The van der Waals surface area contributed by atoms with Gasteiger partial charge in [0.25, 0.3) is 0 Å². The van der Waals surface area contributed by atoms with Crippen LogP contribution in [-0.4, -0.2) is 55.8 Å². The fraction of sp³-hybridized carbons (Fsp3) is 0.467. The summed E-state index contributed by atoms with van der Waals surface area (Å²) in [4.78, 5) is 27.3. The number of amides is 2. The van der Waals surface area contributed by atoms with Crippen LogP contribution < -0.4 is 5.32 Å². The Balaban J connectivity index is 2.66. The number of carbonyl (C=O) groups excluding carboxylic acids is 2. The van der Waals surface area contributed by atoms with Crippen LogP contribution in [0.4, 0.5) is 0 Å². The Labute approximate surface area is 130 Å². The highest BCUT2D eigenvalue weighted by atomic mass is 35.5. The molecule has 0 saturated carbocycles. The number of nitrogens with one attached hydrogen (secondary N) is 1. The van der Waals surface area contributed by atoms with E-state index in [9.17, 15) is 9.59 Å². The summed E-state index contributed by atoms with van der Waals surface area (Å²) in [5.41, 5.74) is 0.851. The number of hydrogen-bond donors (Lipinski definition) is 1. The van der Waals surface area contributed by atoms with E-state index in [4.69, 9.17) is 11.6 Å². The number of carbonyl (C=O) groups is 2. The fourth-order valence-electron chi connectivity index (χ4n) is 1.80. The standard InChI is InChI=1S/C15H22ClN3O2/c1-18(2)13(9-14(20)19(3)4)15(21)17-10-11-7-5-6-8-12(11)16/h5-8,13H,9-10H2,1-4H3,(H,17,21). The average Bonchev–Trinajstić information content (AvgIpc) is 2.42. The lowest BCUT2D eigenvalue weighted by molar-refractivity contribution is -0.135. The van der Waals surface area contributed by atoms with Crippen molar-refractivity contribution in [3.8, 4) is 0 Å². The second-order valence-corrected chi connectivity index (χ2v) is 5.69. The van der Waals surface area contributed by atoms with Crippen LogP contribution in [0.3, 0.4) is 0 Å². The molecule has 0 aromatic heterocycles. The quantitative estimate of drug-likeness (QED) is 0.863. The van der Waals surface area contributed by atoms with Crippen molar-refractivity contribution in [1.82, 2.24) is 15.1 Å². The number of benzene rings is 1. The maximum atomic E-state index is 12.3. The van der Waals surface area contributed by atoms with Crippen molar-refractivity contribution < 1.29 is 9.59 Å². The summed E-state index contributed by atoms with van der Waals surface area (Å²) in [6.07, 6.45) is 0.147. The van der Waals surface area contributed by atoms with E-state index in [-0.39, 0.29) is 18.2 Å². The molecule has 1 rings (SSSR count). The van der Waals surface area contributed by atoms with Gasteiger partial charge >= 0.3 is 0 Å². The molecule has 2 amide bonds. The lowest BCUT2D eigenvalue weighted by Gasteiger charge is -2.24. The smallest absolute Gasteiger partial charge is 0.238 e. The summed E-state index contributed by atoms with van der Waals surface area (Å²) in [5, 5.41) is 3.44. The molecule has 1 unspecified atom stereocenters. The Kier molecular flexibility index (Phi) is 6.65. The van der Waals surface area contributed by atoms with Gasteiger partial charge in [0.05, 0.1) is 12.5 Å². The van der Waals surface area contributed by atoms with E-state index in [1.54, 1.807) is 39.2 Å². The predicted octanol–water partition coefficient (Wildman–Crippen LogP) is 1.36. The molecule has 0 aliphatic heterocycles. The maximum absolute atomic E-state index is 12.3. The van der Waals surface area contributed by atoms with E-state index in [1.807, 2.05) is 18.2 Å². The molecule has 0 saturated heterocycles. The van der Waals surface area contributed by atoms with Crippen LogP contribution in [0.15, 0.2) is 24.3 Å². The molecular weight excluding hydrogens is 290 g/mol. The van der Waals surface area contributed by atoms with Crippen LogP contribution in [0.1, 0.15) is 12.0 Å². The molecule has 0 fully saturated rings. The highest BCUT2D eigenvalue weighted by Crippen LogP contribution is 2.14. The third kappa shape index (κ3) is 5.36. The third-order valence-electron chi connectivity index (χ3n) is 3.20. The number of rotatable bonds is 6. The number of hydrogen-bond acceptors (Lipinski definition) is 3. The van der Waals surface area contributed by atoms with Gasteiger partial charge in [0.15, 0.2) is 0 Å². The molecule has 0 heterocycles. The molecule has 0 aliphatic rings. The highest BCUT2D eigenvalue weighted by molar-refractivity contribution is 6.31. The summed E-state index contributed by atoms with van der Waals surface area (Å²) < 4.78 is 0. The third-order valence-corrected chi connectivity index (χ3v) is 3.57. The maximum Gasteiger partial charge on any atom is 0.238 e. The first kappa shape index (κ1) is 17.5. The largest absolute Gasteiger partial charge is 0.351 e. The minimum atomic E-state index is -0.498. The molecular formula is C15H22ClN3O2. The zero-order valence-corrected chi connectivity index (χ0v) is 13.6. The zero-order valence-electron chi connectivity index (χ0n) is 12.9. The summed E-state index contributed by atoms with van der Waals surface area (Å²) in [6.45, 7) is 0.346. The lowest BCUT2D eigenvalue weighted by atomic mass is 10.1. The second kappa shape index (κ2) is 8.00. The Morgan fingerprint density at radius 2 is 1.81 bits per heavy atom. The van der Waals surface area contributed by atoms with Crippen LogP contribution in [-0.2, 0) is 16.1 Å². The van der Waals surface area contributed by atoms with E-state index >= 15 is 0 Å². The van der Waals surface area contributed by atoms with E-state index in [0.29, 0.717) is 11.6 Å². The minimum absolute atomic E-state index is 0.0819. The van der Waals surface area contributed by atoms with Gasteiger partial charge in [-0.3, -0.25) is 14.5 Å². The van der Waals surface area contributed by atoms with E-state index in [1.165, 1.54) is 4.90 Å². The molecule has 5 nitrogen and oxygen atoms in total. The first-order valence-corrected chi connectivity index (χ1v) is 7.08. The van der Waals surface area contributed by atoms with Gasteiger partial charge in [-0.1, -0.05) is 29.8 Å². The van der Waals surface area contributed by atoms with Crippen LogP contribution >= 0.6 is 11.6 Å². The Hall–Kier alpha value is -1.59. The highest BCUT2D eigenvalue weighted by Gasteiger charge is 2.24. The van der Waals surface area contributed by atoms with Gasteiger partial charge in [-0.2, -0.15) is 0 Å². The summed E-state index contributed by atoms with van der Waals surface area (Å²) in [5.74, 6) is -0.267. The van der Waals surface area contributed by atoms with Gasteiger partial charge in [-0.05, 0) is 25.7 Å². The summed E-state index contributed by atoms with van der Waals surface area (Å²) in [7, 11) is 6.92. The van der Waals surface area contributed by atoms with Gasteiger partial charge in [0, 0.05) is 25.7 Å². The topological polar surface area (TPSA) is 52.7 Å². The summed E-state index contributed by atoms with van der Waals surface area (Å²) >= 11 is 6.05. The Morgan fingerprint density at radius 3 is 2.33 bits per heavy atom. The Morgan fingerprint density at radius 1 is 1.19 bits per heavy atom. The minimum Gasteiger partial charge on any atom is -0.351 e. The van der Waals surface area contributed by atoms with Crippen molar-refractivity contribution in [1.29, 1.82) is 0 Å². The first-order valence-electron chi connectivity index (χ1n) is 6.70. The molecule has 0 aliphatic carbocycles. The molecule has 1 aromatic carbocycles. The van der Waals surface area contributed by atoms with Crippen molar-refractivity contribution >= 4 is 23.4 Å². The molecule has 1 aromatic rings. The summed E-state index contributed by atoms with van der Waals surface area (Å²) in [6, 6.07) is 6.85. The van der Waals surface area contributed by atoms with Gasteiger partial charge in [-0.25, -0.2) is 0 Å². The first-order chi connectivity index (χ1) is 9.82. The van der Waals surface area contributed by atoms with Crippen molar-refractivity contribution in [2.75, 3.05) is 28.2 Å². The molecule has 116 valence electrons. The monoisotopic (exact) mass is 311 g/mol. The number of halogens is 1. The molecule has 0 bridgehead atoms. The molecule has 0 spiro atoms. The van der Waals surface area contributed by atoms with Crippen LogP contribution in [0.5, 0.6) is 0 Å².